The number of aryl methyl sites for hydroxylation is 1. The highest BCUT2D eigenvalue weighted by Gasteiger charge is 2.20. The van der Waals surface area contributed by atoms with Gasteiger partial charge in [-0.3, -0.25) is 4.79 Å². The first-order chi connectivity index (χ1) is 13.0. The van der Waals surface area contributed by atoms with E-state index in [4.69, 9.17) is 4.42 Å². The van der Waals surface area contributed by atoms with E-state index in [2.05, 4.69) is 11.4 Å². The van der Waals surface area contributed by atoms with Crippen LogP contribution >= 0.6 is 11.8 Å². The highest BCUT2D eigenvalue weighted by atomic mass is 32.2. The van der Waals surface area contributed by atoms with E-state index in [-0.39, 0.29) is 11.7 Å². The second kappa shape index (κ2) is 8.19. The minimum Gasteiger partial charge on any atom is -0.467 e. The highest BCUT2D eigenvalue weighted by molar-refractivity contribution is 8.00. The first kappa shape index (κ1) is 18.9. The van der Waals surface area contributed by atoms with E-state index in [1.165, 1.54) is 11.8 Å². The minimum atomic E-state index is -0.142. The van der Waals surface area contributed by atoms with Crippen LogP contribution in [-0.4, -0.2) is 16.2 Å². The predicted molar refractivity (Wildman–Crippen MR) is 107 cm³/mol. The van der Waals surface area contributed by atoms with Gasteiger partial charge in [-0.2, -0.15) is 5.26 Å². The lowest BCUT2D eigenvalue weighted by Crippen LogP contribution is -2.18. The largest absolute Gasteiger partial charge is 0.467 e. The molecule has 0 saturated carbocycles. The average Bonchev–Trinajstić information content (AvgIpc) is 3.23. The molecule has 0 aliphatic carbocycles. The van der Waals surface area contributed by atoms with E-state index >= 15 is 0 Å². The van der Waals surface area contributed by atoms with Crippen molar-refractivity contribution < 1.29 is 9.21 Å². The van der Waals surface area contributed by atoms with Crippen LogP contribution in [0, 0.1) is 32.1 Å². The lowest BCUT2D eigenvalue weighted by molar-refractivity contribution is -0.113. The summed E-state index contributed by atoms with van der Waals surface area (Å²) in [6, 6.07) is 14.0. The Bertz CT molecular complexity index is 997. The summed E-state index contributed by atoms with van der Waals surface area (Å²) in [5, 5.41) is 12.5. The molecule has 27 heavy (non-hydrogen) atoms. The molecule has 2 aromatic heterocycles. The van der Waals surface area contributed by atoms with Crippen LogP contribution in [-0.2, 0) is 11.3 Å². The maximum absolute atomic E-state index is 12.5. The van der Waals surface area contributed by atoms with Gasteiger partial charge in [-0.05, 0) is 50.6 Å². The maximum atomic E-state index is 12.5. The molecule has 0 bridgehead atoms. The Kier molecular flexibility index (Phi) is 5.72. The van der Waals surface area contributed by atoms with Crippen LogP contribution in [0.25, 0.3) is 0 Å². The molecule has 0 spiro atoms. The number of hydrogen-bond donors (Lipinski definition) is 1. The summed E-state index contributed by atoms with van der Waals surface area (Å²) in [5.74, 6) is 1.43. The summed E-state index contributed by atoms with van der Waals surface area (Å²) in [6.07, 6.45) is 1.61. The topological polar surface area (TPSA) is 71.0 Å². The summed E-state index contributed by atoms with van der Waals surface area (Å²) in [7, 11) is 0. The summed E-state index contributed by atoms with van der Waals surface area (Å²) in [6.45, 7) is 6.32. The Labute approximate surface area is 163 Å². The number of carbonyl (C=O) groups is 1. The molecule has 6 heteroatoms. The first-order valence-corrected chi connectivity index (χ1v) is 9.59. The molecule has 138 valence electrons. The molecule has 2 heterocycles. The number of nitriles is 1. The molecule has 1 N–H and O–H groups in total. The van der Waals surface area contributed by atoms with Gasteiger partial charge < -0.3 is 14.3 Å². The number of aromatic nitrogens is 1. The quantitative estimate of drug-likeness (QED) is 0.633. The third kappa shape index (κ3) is 4.26. The average molecular weight is 379 g/mol. The summed E-state index contributed by atoms with van der Waals surface area (Å²) >= 11 is 1.47. The smallest absolute Gasteiger partial charge is 0.235 e. The van der Waals surface area contributed by atoms with Crippen LogP contribution in [0.15, 0.2) is 52.0 Å². The number of carbonyl (C=O) groups excluding carboxylic acids is 1. The third-order valence-corrected chi connectivity index (χ3v) is 5.45. The number of nitrogens with one attached hydrogen (secondary N) is 1. The molecule has 3 rings (SSSR count). The Morgan fingerprint density at radius 2 is 2.07 bits per heavy atom. The van der Waals surface area contributed by atoms with Crippen LogP contribution in [0.4, 0.5) is 5.82 Å². The Balaban J connectivity index is 1.79. The molecule has 1 aromatic carbocycles. The number of furan rings is 1. The molecule has 0 aliphatic heterocycles. The van der Waals surface area contributed by atoms with Crippen LogP contribution in [0.1, 0.15) is 28.1 Å². The number of benzene rings is 1. The lowest BCUT2D eigenvalue weighted by atomic mass is 10.2. The fourth-order valence-corrected chi connectivity index (χ4v) is 3.72. The van der Waals surface area contributed by atoms with Gasteiger partial charge >= 0.3 is 0 Å². The monoisotopic (exact) mass is 379 g/mol. The number of anilines is 1. The van der Waals surface area contributed by atoms with E-state index < -0.39 is 0 Å². The highest BCUT2D eigenvalue weighted by Crippen LogP contribution is 2.28. The van der Waals surface area contributed by atoms with Crippen LogP contribution in [0.2, 0.25) is 0 Å². The minimum absolute atomic E-state index is 0.142. The number of nitrogens with zero attached hydrogens (tertiary/aromatic N) is 2. The molecule has 3 aromatic rings. The number of amides is 1. The van der Waals surface area contributed by atoms with Gasteiger partial charge in [-0.25, -0.2) is 0 Å². The summed E-state index contributed by atoms with van der Waals surface area (Å²) in [4.78, 5) is 13.6. The van der Waals surface area contributed by atoms with Gasteiger partial charge in [0.2, 0.25) is 5.91 Å². The molecule has 0 unspecified atom stereocenters. The van der Waals surface area contributed by atoms with Gasteiger partial charge in [0, 0.05) is 10.6 Å². The molecule has 0 saturated heterocycles. The standard InChI is InChI=1S/C21H21N3O2S/c1-14-6-4-8-18(10-14)27-13-20(25)23-21-19(11-22)15(2)16(3)24(21)12-17-7-5-9-26-17/h4-10H,12-13H2,1-3H3,(H,23,25). The van der Waals surface area contributed by atoms with Crippen LogP contribution < -0.4 is 5.32 Å². The van der Waals surface area contributed by atoms with Crippen molar-refractivity contribution in [3.8, 4) is 6.07 Å². The van der Waals surface area contributed by atoms with E-state index in [1.807, 2.05) is 61.7 Å². The zero-order chi connectivity index (χ0) is 19.4. The van der Waals surface area contributed by atoms with E-state index in [9.17, 15) is 10.1 Å². The van der Waals surface area contributed by atoms with Crippen molar-refractivity contribution >= 4 is 23.5 Å². The maximum Gasteiger partial charge on any atom is 0.235 e. The summed E-state index contributed by atoms with van der Waals surface area (Å²) in [5.41, 5.74) is 3.45. The molecular formula is C21H21N3O2S. The van der Waals surface area contributed by atoms with Crippen LogP contribution in [0.5, 0.6) is 0 Å². The molecule has 1 amide bonds. The van der Waals surface area contributed by atoms with E-state index in [0.717, 1.165) is 27.5 Å². The zero-order valence-electron chi connectivity index (χ0n) is 15.6. The molecule has 5 nitrogen and oxygen atoms in total. The lowest BCUT2D eigenvalue weighted by Gasteiger charge is -2.12. The van der Waals surface area contributed by atoms with Crippen molar-refractivity contribution in [1.82, 2.24) is 4.57 Å². The van der Waals surface area contributed by atoms with Crippen molar-refractivity contribution in [3.63, 3.8) is 0 Å². The predicted octanol–water partition coefficient (Wildman–Crippen LogP) is 4.66. The van der Waals surface area contributed by atoms with E-state index in [1.54, 1.807) is 6.26 Å². The fourth-order valence-electron chi connectivity index (χ4n) is 2.91. The second-order valence-corrected chi connectivity index (χ2v) is 7.41. The van der Waals surface area contributed by atoms with Crippen molar-refractivity contribution in [2.24, 2.45) is 0 Å². The van der Waals surface area contributed by atoms with Crippen LogP contribution in [0.3, 0.4) is 0 Å². The third-order valence-electron chi connectivity index (χ3n) is 4.45. The molecule has 0 atom stereocenters. The van der Waals surface area contributed by atoms with Crippen molar-refractivity contribution in [2.45, 2.75) is 32.2 Å². The van der Waals surface area contributed by atoms with Gasteiger partial charge in [0.25, 0.3) is 0 Å². The second-order valence-electron chi connectivity index (χ2n) is 6.36. The zero-order valence-corrected chi connectivity index (χ0v) is 16.4. The molecular weight excluding hydrogens is 358 g/mol. The Morgan fingerprint density at radius 1 is 1.26 bits per heavy atom. The van der Waals surface area contributed by atoms with Gasteiger partial charge in [0.1, 0.15) is 17.6 Å². The normalized spacial score (nSPS) is 10.6. The number of thioether (sulfide) groups is 1. The first-order valence-electron chi connectivity index (χ1n) is 8.61. The molecule has 0 fully saturated rings. The Morgan fingerprint density at radius 3 is 2.74 bits per heavy atom. The van der Waals surface area contributed by atoms with Crippen molar-refractivity contribution in [2.75, 3.05) is 11.1 Å². The number of hydrogen-bond acceptors (Lipinski definition) is 4. The van der Waals surface area contributed by atoms with Gasteiger partial charge in [0.05, 0.1) is 24.1 Å². The van der Waals surface area contributed by atoms with Gasteiger partial charge in [-0.15, -0.1) is 11.8 Å². The van der Waals surface area contributed by atoms with E-state index in [0.29, 0.717) is 17.9 Å². The Hall–Kier alpha value is -2.91. The molecule has 0 radical (unpaired) electrons. The number of rotatable bonds is 6. The van der Waals surface area contributed by atoms with Gasteiger partial charge in [-0.1, -0.05) is 17.7 Å². The van der Waals surface area contributed by atoms with Gasteiger partial charge in [0.15, 0.2) is 0 Å². The molecule has 0 aliphatic rings. The summed E-state index contributed by atoms with van der Waals surface area (Å²) < 4.78 is 7.35. The van der Waals surface area contributed by atoms with Crippen molar-refractivity contribution in [1.29, 1.82) is 5.26 Å². The van der Waals surface area contributed by atoms with Crippen molar-refractivity contribution in [3.05, 3.63) is 70.8 Å². The fraction of sp³-hybridized carbons (Fsp3) is 0.238. The SMILES string of the molecule is Cc1cccc(SCC(=O)Nc2c(C#N)c(C)c(C)n2Cc2ccco2)c1.